The van der Waals surface area contributed by atoms with Gasteiger partial charge >= 0.3 is 0 Å². The van der Waals surface area contributed by atoms with Crippen molar-refractivity contribution in [3.8, 4) is 0 Å². The van der Waals surface area contributed by atoms with Gasteiger partial charge in [-0.2, -0.15) is 0 Å². The zero-order valence-corrected chi connectivity index (χ0v) is 9.46. The van der Waals surface area contributed by atoms with Crippen LogP contribution in [0.15, 0.2) is 0 Å². The van der Waals surface area contributed by atoms with Crippen LogP contribution in [-0.2, 0) is 33.8 Å². The molecule has 0 aliphatic carbocycles. The van der Waals surface area contributed by atoms with Crippen molar-refractivity contribution in [1.29, 1.82) is 0 Å². The maximum atomic E-state index is 0. The first-order valence-electron chi connectivity index (χ1n) is 0. The third kappa shape index (κ3) is 18.3. The van der Waals surface area contributed by atoms with E-state index in [1.807, 2.05) is 0 Å². The summed E-state index contributed by atoms with van der Waals surface area (Å²) < 4.78 is 0. The number of rotatable bonds is 0. The molecule has 0 saturated carbocycles. The second-order valence-corrected chi connectivity index (χ2v) is 0. The maximum Gasteiger partial charge on any atom is 0 e. The fourth-order valence-electron chi connectivity index (χ4n) is 0. The van der Waals surface area contributed by atoms with Gasteiger partial charge in [0.25, 0.3) is 0 Å². The van der Waals surface area contributed by atoms with Crippen LogP contribution in [0.3, 0.4) is 0 Å². The Labute approximate surface area is 118 Å². The minimum Gasteiger partial charge on any atom is 0 e. The quantitative estimate of drug-likeness (QED) is 0.458. The normalized spacial score (nSPS) is 0. The smallest absolute Gasteiger partial charge is 0 e. The van der Waals surface area contributed by atoms with E-state index in [0.29, 0.717) is 0 Å². The van der Waals surface area contributed by atoms with Gasteiger partial charge < -0.3 is 0 Å². The van der Waals surface area contributed by atoms with Gasteiger partial charge in [-0.1, -0.05) is 0 Å². The molecule has 0 N–H and O–H groups in total. The molecule has 0 aromatic heterocycles. The van der Waals surface area contributed by atoms with Crippen LogP contribution in [0.2, 0.25) is 0 Å². The van der Waals surface area contributed by atoms with E-state index in [0.717, 1.165) is 0 Å². The molecule has 5 heavy (non-hydrogen) atoms. The van der Waals surface area contributed by atoms with Gasteiger partial charge in [0.2, 0.25) is 0 Å². The van der Waals surface area contributed by atoms with Crippen molar-refractivity contribution >= 4 is 8.41 Å². The molecule has 0 amide bonds. The molecule has 5 heteroatoms. The second kappa shape index (κ2) is 25.2. The summed E-state index contributed by atoms with van der Waals surface area (Å²) in [5.41, 5.74) is 0. The Morgan fingerprint density at radius 1 is 1.00 bits per heavy atom. The summed E-state index contributed by atoms with van der Waals surface area (Å²) in [6.45, 7) is 0. The molecule has 0 rings (SSSR count). The molecule has 0 aliphatic rings. The van der Waals surface area contributed by atoms with Gasteiger partial charge in [-0.15, -0.1) is 0 Å². The number of hydrogen-bond acceptors (Lipinski definition) is 0. The van der Waals surface area contributed by atoms with E-state index in [-0.39, 0.29) is 121 Å². The third-order valence-corrected chi connectivity index (χ3v) is 0. The zero-order chi connectivity index (χ0) is 0. The van der Waals surface area contributed by atoms with Crippen LogP contribution < -0.4 is 0 Å². The SMILES string of the molecule is [B].[Co].[Dy].[Fe].[Nd]. The molecule has 0 heterocycles. The zero-order valence-electron chi connectivity index (χ0n) is 2.08. The van der Waals surface area contributed by atoms with Crippen molar-refractivity contribution < 1.29 is 113 Å². The molecule has 0 unspecified atom stereocenters. The van der Waals surface area contributed by atoms with Crippen LogP contribution in [0.5, 0.6) is 0 Å². The predicted octanol–water partition coefficient (Wildman–Crippen LogP) is -0.386. The van der Waals surface area contributed by atoms with Gasteiger partial charge in [-0.25, -0.2) is 0 Å². The Kier molecular flexibility index (Phi) is 190. The van der Waals surface area contributed by atoms with Crippen LogP contribution >= 0.6 is 0 Å². The first kappa shape index (κ1) is 37.6. The van der Waals surface area contributed by atoms with Crippen molar-refractivity contribution in [2.24, 2.45) is 0 Å². The minimum atomic E-state index is 0. The van der Waals surface area contributed by atoms with E-state index in [2.05, 4.69) is 0 Å². The topological polar surface area (TPSA) is 0 Å². The fraction of sp³-hybridized carbons (Fsp3) is 0. The molecule has 0 nitrogen and oxygen atoms in total. The summed E-state index contributed by atoms with van der Waals surface area (Å²) in [6, 6.07) is 0. The molecule has 0 saturated heterocycles. The average Bonchev–Trinajstić information content (AvgIpc) is 0. The van der Waals surface area contributed by atoms with Crippen LogP contribution in [0.25, 0.3) is 0 Å². The molecule has 34 valence electrons. The molecule has 4 radical (unpaired) electrons. The van der Waals surface area contributed by atoms with Gasteiger partial charge in [0, 0.05) is 121 Å². The van der Waals surface area contributed by atoms with Crippen molar-refractivity contribution in [2.45, 2.75) is 0 Å². The van der Waals surface area contributed by atoms with E-state index in [4.69, 9.17) is 0 Å². The van der Waals surface area contributed by atoms with Crippen LogP contribution in [0, 0.1) is 79.0 Å². The molecular formula is BCoDyFeNd. The first-order chi connectivity index (χ1) is 0. The van der Waals surface area contributed by atoms with Crippen molar-refractivity contribution in [2.75, 3.05) is 0 Å². The van der Waals surface area contributed by atoms with Gasteiger partial charge in [0.05, 0.1) is 0 Å². The van der Waals surface area contributed by atoms with Crippen molar-refractivity contribution in [3.05, 3.63) is 0 Å². The summed E-state index contributed by atoms with van der Waals surface area (Å²) in [5.74, 6) is 0. The maximum absolute atomic E-state index is 0. The number of hydrogen-bond donors (Lipinski definition) is 0. The summed E-state index contributed by atoms with van der Waals surface area (Å²) in [6.07, 6.45) is 0. The van der Waals surface area contributed by atoms with E-state index >= 15 is 0 Å². The summed E-state index contributed by atoms with van der Waals surface area (Å²) in [7, 11) is 0. The van der Waals surface area contributed by atoms with Gasteiger partial charge in [-0.05, 0) is 0 Å². The van der Waals surface area contributed by atoms with Crippen LogP contribution in [0.1, 0.15) is 0 Å². The molecular weight excluding hydrogens is 432 g/mol. The Morgan fingerprint density at radius 2 is 1.00 bits per heavy atom. The summed E-state index contributed by atoms with van der Waals surface area (Å²) in [4.78, 5) is 0. The molecule has 0 atom stereocenters. The Bertz CT molecular complexity index is 11.6. The second-order valence-electron chi connectivity index (χ2n) is 0. The molecule has 0 spiro atoms. The minimum absolute atomic E-state index is 0. The van der Waals surface area contributed by atoms with E-state index < -0.39 is 0 Å². The largest absolute Gasteiger partial charge is 0 e. The van der Waals surface area contributed by atoms with Crippen LogP contribution in [0.4, 0.5) is 0 Å². The Hall–Kier alpha value is 3.71. The molecule has 0 aromatic carbocycles. The van der Waals surface area contributed by atoms with E-state index in [1.54, 1.807) is 0 Å². The molecule has 0 bridgehead atoms. The van der Waals surface area contributed by atoms with Gasteiger partial charge in [-0.3, -0.25) is 0 Å². The van der Waals surface area contributed by atoms with E-state index in [9.17, 15) is 0 Å². The summed E-state index contributed by atoms with van der Waals surface area (Å²) in [5, 5.41) is 0. The molecule has 0 aliphatic heterocycles. The van der Waals surface area contributed by atoms with Crippen molar-refractivity contribution in [1.82, 2.24) is 0 Å². The monoisotopic (exact) mass is 432 g/mol. The fourth-order valence-corrected chi connectivity index (χ4v) is 0. The van der Waals surface area contributed by atoms with Gasteiger partial charge in [0.15, 0.2) is 0 Å². The predicted molar refractivity (Wildman–Crippen MR) is 5.75 cm³/mol. The molecule has 0 fully saturated rings. The Morgan fingerprint density at radius 3 is 1.00 bits per heavy atom. The Balaban J connectivity index is 0. The van der Waals surface area contributed by atoms with Crippen molar-refractivity contribution in [3.63, 3.8) is 0 Å². The third-order valence-electron chi connectivity index (χ3n) is 0. The molecule has 0 aromatic rings. The average molecular weight is 432 g/mol. The first-order valence-corrected chi connectivity index (χ1v) is 0. The van der Waals surface area contributed by atoms with E-state index in [1.165, 1.54) is 0 Å². The standard InChI is InChI=1S/B.Co.Dy.Fe.Nd. The summed E-state index contributed by atoms with van der Waals surface area (Å²) >= 11 is 0. The van der Waals surface area contributed by atoms with Crippen LogP contribution in [-0.4, -0.2) is 8.41 Å². The van der Waals surface area contributed by atoms with Gasteiger partial charge in [0.1, 0.15) is 0 Å².